The second-order valence-electron chi connectivity index (χ2n) is 3.20. The van der Waals surface area contributed by atoms with Crippen LogP contribution < -0.4 is 0 Å². The normalized spacial score (nSPS) is 10.5. The maximum atomic E-state index is 4.26. The molecule has 0 unspecified atom stereocenters. The summed E-state index contributed by atoms with van der Waals surface area (Å²) in [5, 5.41) is 4.26. The lowest BCUT2D eigenvalue weighted by Crippen LogP contribution is -1.89. The van der Waals surface area contributed by atoms with Crippen molar-refractivity contribution in [2.24, 2.45) is 7.05 Å². The molecule has 1 aromatic heterocycles. The maximum absolute atomic E-state index is 4.26. The van der Waals surface area contributed by atoms with Crippen LogP contribution in [-0.2, 0) is 7.05 Å². The fraction of sp³-hybridized carbons (Fsp3) is 0.200. The van der Waals surface area contributed by atoms with Crippen LogP contribution in [0.25, 0.3) is 11.4 Å². The van der Waals surface area contributed by atoms with Gasteiger partial charge in [0.15, 0.2) is 5.82 Å². The molecule has 0 saturated carbocycles. The Morgan fingerprint density at radius 2 is 2.14 bits per heavy atom. The smallest absolute Gasteiger partial charge is 0.181 e. The van der Waals surface area contributed by atoms with Crippen molar-refractivity contribution in [2.75, 3.05) is 0 Å². The summed E-state index contributed by atoms with van der Waals surface area (Å²) < 4.78 is 2.78. The van der Waals surface area contributed by atoms with Crippen LogP contribution in [0.1, 0.15) is 5.56 Å². The van der Waals surface area contributed by atoms with E-state index < -0.39 is 0 Å². The van der Waals surface area contributed by atoms with Gasteiger partial charge in [-0.05, 0) is 30.7 Å². The minimum Gasteiger partial charge on any atom is -0.255 e. The van der Waals surface area contributed by atoms with Gasteiger partial charge in [0.25, 0.3) is 0 Å². The highest BCUT2D eigenvalue weighted by atomic mass is 79.9. The first-order chi connectivity index (χ1) is 6.66. The number of halogens is 1. The van der Waals surface area contributed by atoms with E-state index in [0.29, 0.717) is 0 Å². The van der Waals surface area contributed by atoms with Crippen molar-refractivity contribution in [2.45, 2.75) is 6.92 Å². The Kier molecular flexibility index (Phi) is 2.37. The lowest BCUT2D eigenvalue weighted by atomic mass is 10.1. The Morgan fingerprint density at radius 3 is 2.71 bits per heavy atom. The van der Waals surface area contributed by atoms with Crippen LogP contribution in [0.5, 0.6) is 0 Å². The van der Waals surface area contributed by atoms with Gasteiger partial charge in [0.05, 0.1) is 0 Å². The SMILES string of the molecule is Cc1cc(Br)ccc1-c1ncn(C)n1. The third-order valence-electron chi connectivity index (χ3n) is 2.03. The Hall–Kier alpha value is -1.16. The van der Waals surface area contributed by atoms with Crippen molar-refractivity contribution in [1.82, 2.24) is 14.8 Å². The Balaban J connectivity index is 2.52. The molecule has 0 aliphatic rings. The van der Waals surface area contributed by atoms with Crippen LogP contribution in [-0.4, -0.2) is 14.8 Å². The van der Waals surface area contributed by atoms with Gasteiger partial charge in [-0.1, -0.05) is 15.9 Å². The van der Waals surface area contributed by atoms with E-state index >= 15 is 0 Å². The van der Waals surface area contributed by atoms with E-state index in [9.17, 15) is 0 Å². The van der Waals surface area contributed by atoms with Crippen LogP contribution in [0.3, 0.4) is 0 Å². The monoisotopic (exact) mass is 251 g/mol. The molecule has 1 heterocycles. The molecule has 0 spiro atoms. The highest BCUT2D eigenvalue weighted by Crippen LogP contribution is 2.22. The molecule has 0 aliphatic heterocycles. The zero-order valence-corrected chi connectivity index (χ0v) is 9.62. The number of rotatable bonds is 1. The second-order valence-corrected chi connectivity index (χ2v) is 4.12. The van der Waals surface area contributed by atoms with E-state index in [1.165, 1.54) is 5.56 Å². The summed E-state index contributed by atoms with van der Waals surface area (Å²) >= 11 is 3.43. The van der Waals surface area contributed by atoms with Crippen LogP contribution >= 0.6 is 15.9 Å². The number of benzene rings is 1. The summed E-state index contributed by atoms with van der Waals surface area (Å²) in [6, 6.07) is 6.08. The zero-order valence-electron chi connectivity index (χ0n) is 8.03. The van der Waals surface area contributed by atoms with Gasteiger partial charge in [-0.3, -0.25) is 4.68 Å². The van der Waals surface area contributed by atoms with Gasteiger partial charge in [-0.15, -0.1) is 0 Å². The van der Waals surface area contributed by atoms with E-state index in [1.54, 1.807) is 11.0 Å². The summed E-state index contributed by atoms with van der Waals surface area (Å²) in [5.74, 6) is 0.775. The van der Waals surface area contributed by atoms with E-state index in [0.717, 1.165) is 15.9 Å². The van der Waals surface area contributed by atoms with Crippen molar-refractivity contribution in [1.29, 1.82) is 0 Å². The summed E-state index contributed by atoms with van der Waals surface area (Å²) in [7, 11) is 1.87. The highest BCUT2D eigenvalue weighted by molar-refractivity contribution is 9.10. The van der Waals surface area contributed by atoms with Gasteiger partial charge < -0.3 is 0 Å². The molecule has 3 nitrogen and oxygen atoms in total. The molecule has 0 radical (unpaired) electrons. The van der Waals surface area contributed by atoms with Gasteiger partial charge in [0, 0.05) is 17.1 Å². The van der Waals surface area contributed by atoms with Crippen LogP contribution in [0.15, 0.2) is 29.0 Å². The molecule has 72 valence electrons. The predicted molar refractivity (Wildman–Crippen MR) is 58.9 cm³/mol. The first-order valence-corrected chi connectivity index (χ1v) is 5.08. The predicted octanol–water partition coefficient (Wildman–Crippen LogP) is 2.55. The minimum absolute atomic E-state index is 0.775. The molecular formula is C10H10BrN3. The van der Waals surface area contributed by atoms with Gasteiger partial charge in [0.2, 0.25) is 0 Å². The Labute approximate surface area is 90.9 Å². The van der Waals surface area contributed by atoms with E-state index in [2.05, 4.69) is 39.0 Å². The summed E-state index contributed by atoms with van der Waals surface area (Å²) in [5.41, 5.74) is 2.25. The maximum Gasteiger partial charge on any atom is 0.181 e. The molecular weight excluding hydrogens is 242 g/mol. The van der Waals surface area contributed by atoms with E-state index in [4.69, 9.17) is 0 Å². The molecule has 2 aromatic rings. The molecule has 0 amide bonds. The molecule has 0 saturated heterocycles. The Morgan fingerprint density at radius 1 is 1.36 bits per heavy atom. The van der Waals surface area contributed by atoms with Crippen molar-refractivity contribution in [3.05, 3.63) is 34.6 Å². The molecule has 0 N–H and O–H groups in total. The van der Waals surface area contributed by atoms with Crippen LogP contribution in [0, 0.1) is 6.92 Å². The average molecular weight is 252 g/mol. The van der Waals surface area contributed by atoms with E-state index in [-0.39, 0.29) is 0 Å². The molecule has 0 bridgehead atoms. The largest absolute Gasteiger partial charge is 0.255 e. The molecule has 0 atom stereocenters. The number of aromatic nitrogens is 3. The lowest BCUT2D eigenvalue weighted by Gasteiger charge is -2.01. The van der Waals surface area contributed by atoms with Crippen molar-refractivity contribution >= 4 is 15.9 Å². The quantitative estimate of drug-likeness (QED) is 0.780. The first-order valence-electron chi connectivity index (χ1n) is 4.29. The lowest BCUT2D eigenvalue weighted by molar-refractivity contribution is 0.768. The van der Waals surface area contributed by atoms with E-state index in [1.807, 2.05) is 19.2 Å². The molecule has 0 fully saturated rings. The molecule has 1 aromatic carbocycles. The van der Waals surface area contributed by atoms with Gasteiger partial charge in [0.1, 0.15) is 6.33 Å². The number of aryl methyl sites for hydroxylation is 2. The third-order valence-corrected chi connectivity index (χ3v) is 2.52. The molecule has 0 aliphatic carbocycles. The summed E-state index contributed by atoms with van der Waals surface area (Å²) in [6.45, 7) is 2.05. The summed E-state index contributed by atoms with van der Waals surface area (Å²) in [4.78, 5) is 4.21. The molecule has 4 heteroatoms. The van der Waals surface area contributed by atoms with Crippen molar-refractivity contribution in [3.63, 3.8) is 0 Å². The Bertz CT molecular complexity index is 462. The average Bonchev–Trinajstić information content (AvgIpc) is 2.51. The highest BCUT2D eigenvalue weighted by Gasteiger charge is 2.05. The topological polar surface area (TPSA) is 30.7 Å². The second kappa shape index (κ2) is 3.53. The van der Waals surface area contributed by atoms with Gasteiger partial charge in [-0.2, -0.15) is 5.10 Å². The van der Waals surface area contributed by atoms with Gasteiger partial charge in [-0.25, -0.2) is 4.98 Å². The number of hydrogen-bond donors (Lipinski definition) is 0. The van der Waals surface area contributed by atoms with Crippen molar-refractivity contribution in [3.8, 4) is 11.4 Å². The number of nitrogens with zero attached hydrogens (tertiary/aromatic N) is 3. The molecule has 14 heavy (non-hydrogen) atoms. The third kappa shape index (κ3) is 1.70. The minimum atomic E-state index is 0.775. The standard InChI is InChI=1S/C10H10BrN3/c1-7-5-8(11)3-4-9(7)10-12-6-14(2)13-10/h3-6H,1-2H3. The van der Waals surface area contributed by atoms with Gasteiger partial charge >= 0.3 is 0 Å². The summed E-state index contributed by atoms with van der Waals surface area (Å²) in [6.07, 6.45) is 1.71. The number of hydrogen-bond acceptors (Lipinski definition) is 2. The fourth-order valence-electron chi connectivity index (χ4n) is 1.34. The fourth-order valence-corrected chi connectivity index (χ4v) is 1.82. The molecule has 2 rings (SSSR count). The first kappa shape index (κ1) is 9.40. The van der Waals surface area contributed by atoms with Crippen LogP contribution in [0.2, 0.25) is 0 Å². The van der Waals surface area contributed by atoms with Crippen molar-refractivity contribution < 1.29 is 0 Å². The zero-order chi connectivity index (χ0) is 10.1. The van der Waals surface area contributed by atoms with Crippen LogP contribution in [0.4, 0.5) is 0 Å².